The van der Waals surface area contributed by atoms with Crippen molar-refractivity contribution in [3.63, 3.8) is 0 Å². The number of aliphatic carboxylic acids is 1. The largest absolute Gasteiger partial charge is 0.481 e. The van der Waals surface area contributed by atoms with Crippen molar-refractivity contribution in [3.8, 4) is 0 Å². The second-order valence-corrected chi connectivity index (χ2v) is 6.55. The van der Waals surface area contributed by atoms with E-state index in [9.17, 15) is 9.18 Å². The Hall–Kier alpha value is -2.33. The minimum Gasteiger partial charge on any atom is -0.481 e. The van der Waals surface area contributed by atoms with Crippen LogP contribution < -0.4 is 0 Å². The number of allylic oxidation sites excluding steroid dienone is 2. The van der Waals surface area contributed by atoms with Crippen molar-refractivity contribution in [1.29, 1.82) is 0 Å². The van der Waals surface area contributed by atoms with Crippen LogP contribution >= 0.6 is 11.8 Å². The molecule has 0 saturated carbocycles. The number of carboxylic acids is 1. The molecule has 0 amide bonds. The standard InChI is InChI=1S/C20H17FO2S/c1-12-16(10-13-6-8-14(24-2)9-7-13)15-4-3-5-18(21)20(15)17(12)11-19(22)23/h3-10H,11H2,1-2H3,(H,22,23). The highest BCUT2D eigenvalue weighted by molar-refractivity contribution is 7.98. The monoisotopic (exact) mass is 340 g/mol. The molecule has 0 saturated heterocycles. The van der Waals surface area contributed by atoms with E-state index in [-0.39, 0.29) is 12.2 Å². The lowest BCUT2D eigenvalue weighted by atomic mass is 10.0. The van der Waals surface area contributed by atoms with Crippen LogP contribution in [0.15, 0.2) is 52.9 Å². The van der Waals surface area contributed by atoms with Gasteiger partial charge in [0.05, 0.1) is 6.42 Å². The van der Waals surface area contributed by atoms with Crippen LogP contribution in [0.5, 0.6) is 0 Å². The average molecular weight is 340 g/mol. The van der Waals surface area contributed by atoms with Crippen LogP contribution in [0.1, 0.15) is 30.0 Å². The Morgan fingerprint density at radius 1 is 1.21 bits per heavy atom. The molecule has 0 aliphatic heterocycles. The second-order valence-electron chi connectivity index (χ2n) is 5.67. The van der Waals surface area contributed by atoms with Gasteiger partial charge in [-0.25, -0.2) is 4.39 Å². The molecule has 1 aliphatic rings. The third-order valence-corrected chi connectivity index (χ3v) is 4.96. The number of carbonyl (C=O) groups is 1. The van der Waals surface area contributed by atoms with Gasteiger partial charge in [-0.15, -0.1) is 11.8 Å². The quantitative estimate of drug-likeness (QED) is 0.762. The first kappa shape index (κ1) is 16.5. The maximum absolute atomic E-state index is 14.3. The van der Waals surface area contributed by atoms with E-state index >= 15 is 0 Å². The maximum Gasteiger partial charge on any atom is 0.307 e. The number of benzene rings is 2. The lowest BCUT2D eigenvalue weighted by Crippen LogP contribution is -1.98. The summed E-state index contributed by atoms with van der Waals surface area (Å²) in [4.78, 5) is 12.4. The molecule has 122 valence electrons. The van der Waals surface area contributed by atoms with E-state index in [1.54, 1.807) is 17.8 Å². The first-order valence-corrected chi connectivity index (χ1v) is 8.80. The van der Waals surface area contributed by atoms with Crippen LogP contribution in [0.2, 0.25) is 0 Å². The zero-order chi connectivity index (χ0) is 17.3. The topological polar surface area (TPSA) is 37.3 Å². The third kappa shape index (κ3) is 3.02. The molecular formula is C20H17FO2S. The van der Waals surface area contributed by atoms with Crippen molar-refractivity contribution < 1.29 is 14.3 Å². The molecule has 0 atom stereocenters. The Labute approximate surface area is 144 Å². The molecule has 1 aliphatic carbocycles. The fourth-order valence-electron chi connectivity index (χ4n) is 3.03. The number of rotatable bonds is 4. The van der Waals surface area contributed by atoms with E-state index in [0.29, 0.717) is 11.1 Å². The van der Waals surface area contributed by atoms with Crippen molar-refractivity contribution in [2.24, 2.45) is 0 Å². The van der Waals surface area contributed by atoms with Gasteiger partial charge in [0.25, 0.3) is 0 Å². The number of carboxylic acid groups (broad SMARTS) is 1. The average Bonchev–Trinajstić information content (AvgIpc) is 2.82. The number of halogens is 1. The van der Waals surface area contributed by atoms with Crippen molar-refractivity contribution in [3.05, 3.63) is 70.5 Å². The van der Waals surface area contributed by atoms with Crippen molar-refractivity contribution in [2.75, 3.05) is 6.26 Å². The maximum atomic E-state index is 14.3. The molecule has 0 bridgehead atoms. The summed E-state index contributed by atoms with van der Waals surface area (Å²) in [5.74, 6) is -1.33. The minimum absolute atomic E-state index is 0.178. The lowest BCUT2D eigenvalue weighted by molar-refractivity contribution is -0.135. The van der Waals surface area contributed by atoms with Gasteiger partial charge >= 0.3 is 5.97 Å². The van der Waals surface area contributed by atoms with Gasteiger partial charge in [-0.05, 0) is 65.3 Å². The molecule has 0 heterocycles. The first-order chi connectivity index (χ1) is 11.5. The minimum atomic E-state index is -0.955. The van der Waals surface area contributed by atoms with Gasteiger partial charge in [-0.3, -0.25) is 4.79 Å². The molecule has 2 aromatic carbocycles. The Morgan fingerprint density at radius 3 is 2.54 bits per heavy atom. The Bertz CT molecular complexity index is 864. The van der Waals surface area contributed by atoms with Gasteiger partial charge in [0.2, 0.25) is 0 Å². The van der Waals surface area contributed by atoms with Crippen LogP contribution in [-0.4, -0.2) is 17.3 Å². The molecular weight excluding hydrogens is 323 g/mol. The smallest absolute Gasteiger partial charge is 0.307 e. The van der Waals surface area contributed by atoms with Gasteiger partial charge in [0.1, 0.15) is 5.82 Å². The highest BCUT2D eigenvalue weighted by Crippen LogP contribution is 2.44. The van der Waals surface area contributed by atoms with E-state index in [2.05, 4.69) is 0 Å². The van der Waals surface area contributed by atoms with Gasteiger partial charge in [-0.1, -0.05) is 24.3 Å². The van der Waals surface area contributed by atoms with Crippen molar-refractivity contribution in [2.45, 2.75) is 18.2 Å². The van der Waals surface area contributed by atoms with Crippen LogP contribution in [0.25, 0.3) is 17.2 Å². The van der Waals surface area contributed by atoms with Gasteiger partial charge in [-0.2, -0.15) is 0 Å². The summed E-state index contributed by atoms with van der Waals surface area (Å²) in [5.41, 5.74) is 4.46. The van der Waals surface area contributed by atoms with E-state index in [0.717, 1.165) is 22.3 Å². The zero-order valence-electron chi connectivity index (χ0n) is 13.5. The number of fused-ring (bicyclic) bond motifs is 1. The summed E-state index contributed by atoms with van der Waals surface area (Å²) in [7, 11) is 0. The first-order valence-electron chi connectivity index (χ1n) is 7.58. The summed E-state index contributed by atoms with van der Waals surface area (Å²) in [5, 5.41) is 9.16. The molecule has 1 N–H and O–H groups in total. The van der Waals surface area contributed by atoms with Crippen LogP contribution in [0.4, 0.5) is 4.39 Å². The molecule has 3 rings (SSSR count). The van der Waals surface area contributed by atoms with E-state index in [1.807, 2.05) is 49.6 Å². The molecule has 24 heavy (non-hydrogen) atoms. The van der Waals surface area contributed by atoms with Gasteiger partial charge in [0, 0.05) is 10.5 Å². The van der Waals surface area contributed by atoms with Gasteiger partial charge in [0.15, 0.2) is 0 Å². The van der Waals surface area contributed by atoms with E-state index in [4.69, 9.17) is 5.11 Å². The fourth-order valence-corrected chi connectivity index (χ4v) is 3.44. The predicted molar refractivity (Wildman–Crippen MR) is 97.3 cm³/mol. The third-order valence-electron chi connectivity index (χ3n) is 4.22. The molecule has 4 heteroatoms. The highest BCUT2D eigenvalue weighted by atomic mass is 32.2. The SMILES string of the molecule is CSc1ccc(C=C2C(C)=C(CC(=O)O)c3c(F)cccc32)cc1. The fraction of sp³-hybridized carbons (Fsp3) is 0.150. The molecule has 2 aromatic rings. The van der Waals surface area contributed by atoms with Crippen LogP contribution in [0, 0.1) is 5.82 Å². The zero-order valence-corrected chi connectivity index (χ0v) is 14.3. The summed E-state index contributed by atoms with van der Waals surface area (Å²) < 4.78 is 14.3. The normalized spacial score (nSPS) is 15.0. The Balaban J connectivity index is 2.13. The molecule has 0 unspecified atom stereocenters. The van der Waals surface area contributed by atoms with Crippen LogP contribution in [0.3, 0.4) is 0 Å². The molecule has 0 fully saturated rings. The summed E-state index contributed by atoms with van der Waals surface area (Å²) in [6.07, 6.45) is 3.84. The molecule has 0 spiro atoms. The van der Waals surface area contributed by atoms with E-state index in [1.165, 1.54) is 11.0 Å². The number of hydrogen-bond acceptors (Lipinski definition) is 2. The summed E-state index contributed by atoms with van der Waals surface area (Å²) in [6, 6.07) is 13.0. The number of thioether (sulfide) groups is 1. The Kier molecular flexibility index (Phi) is 4.58. The summed E-state index contributed by atoms with van der Waals surface area (Å²) in [6.45, 7) is 1.86. The Morgan fingerprint density at radius 2 is 1.92 bits per heavy atom. The molecule has 0 aromatic heterocycles. The van der Waals surface area contributed by atoms with E-state index < -0.39 is 5.97 Å². The lowest BCUT2D eigenvalue weighted by Gasteiger charge is -2.05. The highest BCUT2D eigenvalue weighted by Gasteiger charge is 2.27. The summed E-state index contributed by atoms with van der Waals surface area (Å²) >= 11 is 1.67. The number of hydrogen-bond donors (Lipinski definition) is 1. The predicted octanol–water partition coefficient (Wildman–Crippen LogP) is 5.35. The molecule has 2 nitrogen and oxygen atoms in total. The van der Waals surface area contributed by atoms with Crippen molar-refractivity contribution in [1.82, 2.24) is 0 Å². The second kappa shape index (κ2) is 6.65. The van der Waals surface area contributed by atoms with Crippen molar-refractivity contribution >= 4 is 35.0 Å². The van der Waals surface area contributed by atoms with Crippen LogP contribution in [-0.2, 0) is 4.79 Å². The molecule has 0 radical (unpaired) electrons. The van der Waals surface area contributed by atoms with Gasteiger partial charge < -0.3 is 5.11 Å².